The molecule has 1 aromatic rings. The van der Waals surface area contributed by atoms with E-state index in [0.29, 0.717) is 15.7 Å². The predicted octanol–water partition coefficient (Wildman–Crippen LogP) is 3.33. The highest BCUT2D eigenvalue weighted by atomic mass is 35.5. The normalized spacial score (nSPS) is 8.95. The molecule has 3 amide bonds. The van der Waals surface area contributed by atoms with Crippen LogP contribution in [0.25, 0.3) is 0 Å². The van der Waals surface area contributed by atoms with Gasteiger partial charge in [0.05, 0.1) is 5.69 Å². The van der Waals surface area contributed by atoms with Crippen LogP contribution in [0.2, 0.25) is 10.0 Å². The first-order chi connectivity index (χ1) is 8.99. The summed E-state index contributed by atoms with van der Waals surface area (Å²) in [6, 6.07) is 4.03. The van der Waals surface area contributed by atoms with Crippen LogP contribution in [-0.4, -0.2) is 19.0 Å². The minimum absolute atomic E-state index is 0.206. The van der Waals surface area contributed by atoms with E-state index in [4.69, 9.17) is 23.2 Å². The molecule has 0 heterocycles. The van der Waals surface area contributed by atoms with Gasteiger partial charge in [0.2, 0.25) is 5.91 Å². The largest absolute Gasteiger partial charge is 0.340 e. The molecule has 1 rings (SSSR count). The first-order valence-electron chi connectivity index (χ1n) is 5.33. The van der Waals surface area contributed by atoms with Gasteiger partial charge in [-0.25, -0.2) is 9.69 Å². The number of terminal acetylenes is 1. The molecule has 0 fully saturated rings. The van der Waals surface area contributed by atoms with Gasteiger partial charge in [-0.1, -0.05) is 30.1 Å². The number of imide groups is 1. The van der Waals surface area contributed by atoms with Gasteiger partial charge in [-0.15, -0.1) is 12.8 Å². The summed E-state index contributed by atoms with van der Waals surface area (Å²) >= 11 is 11.7. The van der Waals surface area contributed by atoms with Crippen molar-refractivity contribution < 1.29 is 9.59 Å². The molecule has 0 saturated heterocycles. The van der Waals surface area contributed by atoms with Crippen LogP contribution in [0.4, 0.5) is 10.5 Å². The third-order valence-electron chi connectivity index (χ3n) is 2.07. The average molecular weight is 301 g/mol. The number of nitrogens with one attached hydrogen (secondary N) is 1. The van der Waals surface area contributed by atoms with E-state index >= 15 is 0 Å². The minimum atomic E-state index is -0.518. The van der Waals surface area contributed by atoms with Crippen molar-refractivity contribution in [3.63, 3.8) is 0 Å². The Bertz CT molecular complexity index is 451. The van der Waals surface area contributed by atoms with Crippen LogP contribution in [0.5, 0.6) is 0 Å². The number of carbonyl (C=O) groups is 2. The van der Waals surface area contributed by atoms with E-state index in [1.807, 2.05) is 0 Å². The average Bonchev–Trinajstić information content (AvgIpc) is 2.39. The molecule has 1 aromatic carbocycles. The zero-order valence-electron chi connectivity index (χ0n) is 10.6. The molecule has 0 aliphatic heterocycles. The molecule has 0 unspecified atom stereocenters. The van der Waals surface area contributed by atoms with Crippen molar-refractivity contribution in [3.05, 3.63) is 28.2 Å². The molecule has 1 N–H and O–H groups in total. The molecule has 6 heteroatoms. The van der Waals surface area contributed by atoms with Crippen LogP contribution in [0.3, 0.4) is 0 Å². The number of hydrogen-bond acceptors (Lipinski definition) is 2. The number of urea groups is 1. The molecule has 0 saturated carbocycles. The van der Waals surface area contributed by atoms with Gasteiger partial charge in [0.15, 0.2) is 0 Å². The molecule has 102 valence electrons. The molecule has 0 bridgehead atoms. The summed E-state index contributed by atoms with van der Waals surface area (Å²) in [5.41, 5.74) is 0.355. The second-order valence-corrected chi connectivity index (χ2v) is 4.14. The summed E-state index contributed by atoms with van der Waals surface area (Å²) < 4.78 is 0. The highest BCUT2D eigenvalue weighted by Crippen LogP contribution is 2.26. The Balaban J connectivity index is 0.00000154. The fourth-order valence-corrected chi connectivity index (χ4v) is 1.83. The number of halogens is 2. The van der Waals surface area contributed by atoms with Gasteiger partial charge in [-0.3, -0.25) is 4.79 Å². The summed E-state index contributed by atoms with van der Waals surface area (Å²) in [5.74, 6) is -0.331. The summed E-state index contributed by atoms with van der Waals surface area (Å²) in [4.78, 5) is 24.4. The maximum absolute atomic E-state index is 11.7. The van der Waals surface area contributed by atoms with Crippen molar-refractivity contribution in [2.24, 2.45) is 0 Å². The number of rotatable bonds is 2. The maximum atomic E-state index is 11.7. The van der Waals surface area contributed by atoms with Crippen LogP contribution in [0, 0.1) is 12.8 Å². The van der Waals surface area contributed by atoms with E-state index < -0.39 is 6.03 Å². The molecule has 0 aliphatic carbocycles. The van der Waals surface area contributed by atoms with Crippen LogP contribution < -0.4 is 10.2 Å². The first kappa shape index (κ1) is 17.3. The smallest absolute Gasteiger partial charge is 0.328 e. The van der Waals surface area contributed by atoms with Crippen molar-refractivity contribution in [3.8, 4) is 12.8 Å². The zero-order valence-corrected chi connectivity index (χ0v) is 12.1. The topological polar surface area (TPSA) is 49.4 Å². The molecular weight excluding hydrogens is 287 g/mol. The third kappa shape index (κ3) is 4.82. The highest BCUT2D eigenvalue weighted by molar-refractivity contribution is 6.35. The van der Waals surface area contributed by atoms with Gasteiger partial charge in [0.25, 0.3) is 0 Å². The Kier molecular flexibility index (Phi) is 7.66. The Labute approximate surface area is 122 Å². The van der Waals surface area contributed by atoms with Crippen LogP contribution in [-0.2, 0) is 4.79 Å². The minimum Gasteiger partial charge on any atom is -0.340 e. The number of nitrogens with zero attached hydrogens (tertiary/aromatic N) is 1. The Morgan fingerprint density at radius 3 is 2.05 bits per heavy atom. The molecule has 0 spiro atoms. The molecule has 4 nitrogen and oxygen atoms in total. The summed E-state index contributed by atoms with van der Waals surface area (Å²) in [6.45, 7) is 1.67. The van der Waals surface area contributed by atoms with E-state index in [0.717, 1.165) is 4.90 Å². The Morgan fingerprint density at radius 2 is 1.68 bits per heavy atom. The lowest BCUT2D eigenvalue weighted by molar-refractivity contribution is -0.117. The fourth-order valence-electron chi connectivity index (χ4n) is 1.31. The van der Waals surface area contributed by atoms with E-state index in [9.17, 15) is 9.59 Å². The van der Waals surface area contributed by atoms with Gasteiger partial charge in [-0.05, 0) is 18.2 Å². The second-order valence-electron chi connectivity index (χ2n) is 3.27. The molecule has 0 aliphatic rings. The summed E-state index contributed by atoms with van der Waals surface area (Å²) in [7, 11) is 1.45. The van der Waals surface area contributed by atoms with Crippen molar-refractivity contribution in [2.45, 2.75) is 13.3 Å². The van der Waals surface area contributed by atoms with Crippen LogP contribution in [0.1, 0.15) is 13.3 Å². The fraction of sp³-hybridized carbons (Fsp3) is 0.231. The van der Waals surface area contributed by atoms with Crippen molar-refractivity contribution in [1.29, 1.82) is 0 Å². The van der Waals surface area contributed by atoms with Gasteiger partial charge in [0.1, 0.15) is 0 Å². The zero-order chi connectivity index (χ0) is 15.0. The van der Waals surface area contributed by atoms with E-state index in [2.05, 4.69) is 18.2 Å². The van der Waals surface area contributed by atoms with Gasteiger partial charge in [0, 0.05) is 23.5 Å². The van der Waals surface area contributed by atoms with Gasteiger partial charge < -0.3 is 5.32 Å². The number of anilines is 1. The summed E-state index contributed by atoms with van der Waals surface area (Å²) in [6.07, 6.45) is 8.21. The predicted molar refractivity (Wildman–Crippen MR) is 78.6 cm³/mol. The number of carbonyl (C=O) groups excluding carboxylic acids is 2. The number of benzene rings is 1. The second kappa shape index (κ2) is 8.41. The number of hydrogen-bond donors (Lipinski definition) is 1. The maximum Gasteiger partial charge on any atom is 0.328 e. The van der Waals surface area contributed by atoms with Crippen LogP contribution >= 0.6 is 23.2 Å². The van der Waals surface area contributed by atoms with Crippen molar-refractivity contribution in [2.75, 3.05) is 11.9 Å². The standard InChI is InChI=1S/C11H12Cl2N2O2.C2H2/c1-3-10(16)15(11(17)14-2)9-5-7(12)4-8(13)6-9;1-2/h4-6H,3H2,1-2H3,(H,14,17);1-2H. The molecule has 0 radical (unpaired) electrons. The van der Waals surface area contributed by atoms with Crippen molar-refractivity contribution >= 4 is 40.8 Å². The molecule has 0 aromatic heterocycles. The van der Waals surface area contributed by atoms with Crippen LogP contribution in [0.15, 0.2) is 18.2 Å². The van der Waals surface area contributed by atoms with E-state index in [1.165, 1.54) is 25.2 Å². The molecule has 19 heavy (non-hydrogen) atoms. The quantitative estimate of drug-likeness (QED) is 0.852. The molecular formula is C13H14Cl2N2O2. The lowest BCUT2D eigenvalue weighted by Gasteiger charge is -2.20. The molecule has 0 atom stereocenters. The first-order valence-corrected chi connectivity index (χ1v) is 6.09. The van der Waals surface area contributed by atoms with E-state index in [1.54, 1.807) is 6.92 Å². The van der Waals surface area contributed by atoms with Gasteiger partial charge >= 0.3 is 6.03 Å². The van der Waals surface area contributed by atoms with Crippen molar-refractivity contribution in [1.82, 2.24) is 5.32 Å². The highest BCUT2D eigenvalue weighted by Gasteiger charge is 2.21. The Morgan fingerprint density at radius 1 is 1.21 bits per heavy atom. The lowest BCUT2D eigenvalue weighted by atomic mass is 10.2. The third-order valence-corrected chi connectivity index (χ3v) is 2.51. The number of amides is 3. The lowest BCUT2D eigenvalue weighted by Crippen LogP contribution is -2.42. The SMILES string of the molecule is C#C.CCC(=O)N(C(=O)NC)c1cc(Cl)cc(Cl)c1. The monoisotopic (exact) mass is 300 g/mol. The Hall–Kier alpha value is -1.70. The van der Waals surface area contributed by atoms with E-state index in [-0.39, 0.29) is 12.3 Å². The van der Waals surface area contributed by atoms with Gasteiger partial charge in [-0.2, -0.15) is 0 Å². The summed E-state index contributed by atoms with van der Waals surface area (Å²) in [5, 5.41) is 3.13.